The zero-order chi connectivity index (χ0) is 25.1. The molecule has 4 aromatic rings. The van der Waals surface area contributed by atoms with Crippen LogP contribution in [0.2, 0.25) is 5.02 Å². The van der Waals surface area contributed by atoms with Gasteiger partial charge >= 0.3 is 0 Å². The summed E-state index contributed by atoms with van der Waals surface area (Å²) in [7, 11) is 1.54. The van der Waals surface area contributed by atoms with Crippen LogP contribution in [0, 0.1) is 0 Å². The van der Waals surface area contributed by atoms with Crippen molar-refractivity contribution in [3.63, 3.8) is 0 Å². The monoisotopic (exact) mass is 495 g/mol. The highest BCUT2D eigenvalue weighted by Gasteiger charge is 2.22. The fourth-order valence-electron chi connectivity index (χ4n) is 3.89. The number of nitrogens with zero attached hydrogens (tertiary/aromatic N) is 6. The van der Waals surface area contributed by atoms with Gasteiger partial charge in [-0.3, -0.25) is 14.3 Å². The van der Waals surface area contributed by atoms with Gasteiger partial charge in [0, 0.05) is 41.8 Å². The second-order valence-corrected chi connectivity index (χ2v) is 8.54. The number of amides is 2. The van der Waals surface area contributed by atoms with Crippen molar-refractivity contribution in [3.8, 4) is 17.0 Å². The molecule has 2 amide bonds. The van der Waals surface area contributed by atoms with Gasteiger partial charge in [-0.05, 0) is 45.0 Å². The fourth-order valence-corrected chi connectivity index (χ4v) is 4.07. The van der Waals surface area contributed by atoms with Crippen molar-refractivity contribution in [1.82, 2.24) is 29.3 Å². The van der Waals surface area contributed by atoms with Gasteiger partial charge in [-0.15, -0.1) is 0 Å². The number of nitrogens with one attached hydrogen (secondary N) is 1. The van der Waals surface area contributed by atoms with Gasteiger partial charge in [0.2, 0.25) is 5.91 Å². The maximum atomic E-state index is 13.2. The minimum atomic E-state index is -0.413. The molecular weight excluding hydrogens is 470 g/mol. The van der Waals surface area contributed by atoms with Crippen molar-refractivity contribution in [2.45, 2.75) is 33.4 Å². The zero-order valence-electron chi connectivity index (χ0n) is 19.9. The molecule has 10 nitrogen and oxygen atoms in total. The predicted octanol–water partition coefficient (Wildman–Crippen LogP) is 3.76. The molecule has 0 saturated heterocycles. The topological polar surface area (TPSA) is 107 Å². The van der Waals surface area contributed by atoms with Crippen LogP contribution in [0.25, 0.3) is 16.9 Å². The highest BCUT2D eigenvalue weighted by molar-refractivity contribution is 6.31. The van der Waals surface area contributed by atoms with E-state index in [-0.39, 0.29) is 18.5 Å². The second kappa shape index (κ2) is 10.1. The van der Waals surface area contributed by atoms with Crippen LogP contribution in [-0.4, -0.2) is 60.8 Å². The Morgan fingerprint density at radius 3 is 2.80 bits per heavy atom. The molecular formula is C24H26ClN7O3. The molecule has 0 radical (unpaired) electrons. The van der Waals surface area contributed by atoms with Crippen LogP contribution in [-0.2, 0) is 11.3 Å². The first-order chi connectivity index (χ1) is 16.8. The van der Waals surface area contributed by atoms with E-state index in [2.05, 4.69) is 20.5 Å². The van der Waals surface area contributed by atoms with Gasteiger partial charge < -0.3 is 15.0 Å². The third kappa shape index (κ3) is 4.97. The summed E-state index contributed by atoms with van der Waals surface area (Å²) in [5, 5.41) is 12.2. The van der Waals surface area contributed by atoms with E-state index in [1.54, 1.807) is 47.8 Å². The summed E-state index contributed by atoms with van der Waals surface area (Å²) < 4.78 is 8.53. The lowest BCUT2D eigenvalue weighted by molar-refractivity contribution is -0.133. The molecule has 0 aliphatic heterocycles. The molecule has 0 spiro atoms. The summed E-state index contributed by atoms with van der Waals surface area (Å²) in [4.78, 5) is 32.1. The van der Waals surface area contributed by atoms with E-state index in [9.17, 15) is 9.59 Å². The molecule has 1 aromatic carbocycles. The Balaban J connectivity index is 1.74. The molecule has 0 aliphatic rings. The summed E-state index contributed by atoms with van der Waals surface area (Å²) in [5.74, 6) is 0.0278. The molecule has 3 heterocycles. The van der Waals surface area contributed by atoms with Crippen molar-refractivity contribution < 1.29 is 14.3 Å². The van der Waals surface area contributed by atoms with E-state index in [1.807, 2.05) is 20.8 Å². The van der Waals surface area contributed by atoms with Crippen molar-refractivity contribution in [2.24, 2.45) is 0 Å². The van der Waals surface area contributed by atoms with Gasteiger partial charge in [0.1, 0.15) is 23.6 Å². The lowest BCUT2D eigenvalue weighted by Crippen LogP contribution is -2.38. The summed E-state index contributed by atoms with van der Waals surface area (Å²) in [5.41, 5.74) is 2.12. The number of hydrogen-bond acceptors (Lipinski definition) is 6. The first kappa shape index (κ1) is 24.2. The number of carbonyl (C=O) groups is 2. The van der Waals surface area contributed by atoms with E-state index in [4.69, 9.17) is 16.3 Å². The summed E-state index contributed by atoms with van der Waals surface area (Å²) in [6.07, 6.45) is 6.37. The number of methoxy groups -OCH3 is 1. The van der Waals surface area contributed by atoms with Crippen LogP contribution < -0.4 is 10.1 Å². The van der Waals surface area contributed by atoms with E-state index in [0.29, 0.717) is 45.5 Å². The first-order valence-electron chi connectivity index (χ1n) is 11.1. The third-order valence-electron chi connectivity index (χ3n) is 5.53. The average Bonchev–Trinajstić information content (AvgIpc) is 3.43. The van der Waals surface area contributed by atoms with Crippen LogP contribution in [0.5, 0.6) is 5.75 Å². The molecule has 182 valence electrons. The van der Waals surface area contributed by atoms with E-state index in [1.165, 1.54) is 22.5 Å². The van der Waals surface area contributed by atoms with Gasteiger partial charge in [-0.25, -0.2) is 9.50 Å². The Morgan fingerprint density at radius 1 is 1.29 bits per heavy atom. The van der Waals surface area contributed by atoms with Gasteiger partial charge in [0.15, 0.2) is 5.65 Å². The fraction of sp³-hybridized carbons (Fsp3) is 0.292. The van der Waals surface area contributed by atoms with Crippen molar-refractivity contribution in [2.75, 3.05) is 19.0 Å². The number of anilines is 1. The molecule has 0 saturated carbocycles. The van der Waals surface area contributed by atoms with Gasteiger partial charge in [-0.1, -0.05) is 11.6 Å². The van der Waals surface area contributed by atoms with Crippen LogP contribution in [0.3, 0.4) is 0 Å². The smallest absolute Gasteiger partial charge is 0.261 e. The SMILES string of the molecule is CCN(C(=O)Cn1cc(NC(=O)c2cnn3cccnc23)c(-c2cc(Cl)ccc2OC)n1)C(C)C. The second-order valence-electron chi connectivity index (χ2n) is 8.11. The Labute approximate surface area is 207 Å². The number of carbonyl (C=O) groups excluding carboxylic acids is 2. The van der Waals surface area contributed by atoms with Gasteiger partial charge in [0.25, 0.3) is 5.91 Å². The molecule has 0 atom stereocenters. The third-order valence-corrected chi connectivity index (χ3v) is 5.77. The zero-order valence-corrected chi connectivity index (χ0v) is 20.7. The molecule has 0 unspecified atom stereocenters. The highest BCUT2D eigenvalue weighted by atomic mass is 35.5. The standard InChI is InChI=1S/C24H26ClN7O3/c1-5-31(15(2)3)21(33)14-30-13-19(22(29-30)17-11-16(25)7-8-20(17)35-4)28-24(34)18-12-27-32-10-6-9-26-23(18)32/h6-13,15H,5,14H2,1-4H3,(H,28,34). The maximum Gasteiger partial charge on any atom is 0.261 e. The first-order valence-corrected chi connectivity index (χ1v) is 11.5. The molecule has 35 heavy (non-hydrogen) atoms. The lowest BCUT2D eigenvalue weighted by atomic mass is 10.1. The number of likely N-dealkylation sites (N-methyl/N-ethyl adjacent to an activating group) is 1. The quantitative estimate of drug-likeness (QED) is 0.399. The minimum absolute atomic E-state index is 0.00996. The number of fused-ring (bicyclic) bond motifs is 1. The largest absolute Gasteiger partial charge is 0.496 e. The predicted molar refractivity (Wildman–Crippen MR) is 133 cm³/mol. The molecule has 4 rings (SSSR count). The number of halogens is 1. The number of benzene rings is 1. The van der Waals surface area contributed by atoms with Crippen molar-refractivity contribution >= 4 is 34.7 Å². The van der Waals surface area contributed by atoms with Crippen LogP contribution >= 0.6 is 11.6 Å². The minimum Gasteiger partial charge on any atom is -0.496 e. The molecule has 1 N–H and O–H groups in total. The summed E-state index contributed by atoms with van der Waals surface area (Å²) in [6, 6.07) is 6.91. The molecule has 3 aromatic heterocycles. The van der Waals surface area contributed by atoms with Crippen LogP contribution in [0.15, 0.2) is 49.1 Å². The summed E-state index contributed by atoms with van der Waals surface area (Å²) >= 11 is 6.26. The Bertz CT molecular complexity index is 1380. The molecule has 11 heteroatoms. The lowest BCUT2D eigenvalue weighted by Gasteiger charge is -2.25. The highest BCUT2D eigenvalue weighted by Crippen LogP contribution is 2.36. The number of hydrogen-bond donors (Lipinski definition) is 1. The molecule has 0 bridgehead atoms. The Kier molecular flexibility index (Phi) is 7.02. The summed E-state index contributed by atoms with van der Waals surface area (Å²) in [6.45, 7) is 6.44. The van der Waals surface area contributed by atoms with E-state index >= 15 is 0 Å². The Hall–Kier alpha value is -3.92. The van der Waals surface area contributed by atoms with Gasteiger partial charge in [-0.2, -0.15) is 10.2 Å². The van der Waals surface area contributed by atoms with Crippen LogP contribution in [0.1, 0.15) is 31.1 Å². The van der Waals surface area contributed by atoms with E-state index in [0.717, 1.165) is 0 Å². The number of aromatic nitrogens is 5. The van der Waals surface area contributed by atoms with E-state index < -0.39 is 5.91 Å². The van der Waals surface area contributed by atoms with Crippen LogP contribution in [0.4, 0.5) is 5.69 Å². The Morgan fingerprint density at radius 2 is 2.09 bits per heavy atom. The normalized spacial score (nSPS) is 11.1. The van der Waals surface area contributed by atoms with Crippen molar-refractivity contribution in [3.05, 3.63) is 59.6 Å². The average molecular weight is 496 g/mol. The number of rotatable bonds is 8. The maximum absolute atomic E-state index is 13.2. The molecule has 0 fully saturated rings. The van der Waals surface area contributed by atoms with Crippen molar-refractivity contribution in [1.29, 1.82) is 0 Å². The van der Waals surface area contributed by atoms with Gasteiger partial charge in [0.05, 0.1) is 19.0 Å². The molecule has 0 aliphatic carbocycles. The number of ether oxygens (including phenoxy) is 1.